The number of rotatable bonds is 3. The summed E-state index contributed by atoms with van der Waals surface area (Å²) < 4.78 is 0. The molecule has 2 aromatic carbocycles. The van der Waals surface area contributed by atoms with Gasteiger partial charge < -0.3 is 11.9 Å². The Morgan fingerprint density at radius 3 is 2.19 bits per heavy atom. The zero-order valence-corrected chi connectivity index (χ0v) is 10.2. The van der Waals surface area contributed by atoms with Gasteiger partial charge in [0.25, 0.3) is 0 Å². The zero-order chi connectivity index (χ0) is 10.5. The smallest absolute Gasteiger partial charge is 0.0184 e. The Kier molecular flexibility index (Phi) is 5.13. The minimum Gasteiger partial charge on any atom is -0.344 e. The number of nitrogens with two attached hydrogens (primary N) is 1. The largest absolute Gasteiger partial charge is 0.344 e. The van der Waals surface area contributed by atoms with Gasteiger partial charge in [-0.05, 0) is 16.2 Å². The van der Waals surface area contributed by atoms with E-state index in [2.05, 4.69) is 42.5 Å². The van der Waals surface area contributed by atoms with Crippen molar-refractivity contribution < 1.29 is 0 Å². The van der Waals surface area contributed by atoms with Gasteiger partial charge in [0.05, 0.1) is 0 Å². The van der Waals surface area contributed by atoms with E-state index in [0.29, 0.717) is 15.1 Å². The summed E-state index contributed by atoms with van der Waals surface area (Å²) in [7, 11) is 0.702. The van der Waals surface area contributed by atoms with Gasteiger partial charge in [0.2, 0.25) is 0 Å². The van der Waals surface area contributed by atoms with Crippen LogP contribution in [0.25, 0.3) is 0 Å². The van der Waals surface area contributed by atoms with Gasteiger partial charge in [-0.1, -0.05) is 63.2 Å². The van der Waals surface area contributed by atoms with Gasteiger partial charge in [-0.3, -0.25) is 0 Å². The summed E-state index contributed by atoms with van der Waals surface area (Å²) in [5.74, 6) is 0. The molecule has 0 bridgehead atoms. The monoisotopic (exact) mass is 232 g/mol. The van der Waals surface area contributed by atoms with Crippen molar-refractivity contribution in [3.63, 3.8) is 0 Å². The summed E-state index contributed by atoms with van der Waals surface area (Å²) in [5, 5.41) is 2.71. The lowest BCUT2D eigenvalue weighted by atomic mass is 10.2. The number of hydrogen-bond acceptors (Lipinski definition) is 2. The minimum atomic E-state index is 0. The molecule has 0 aliphatic rings. The summed E-state index contributed by atoms with van der Waals surface area (Å²) in [6, 6.07) is 18.9. The highest BCUT2D eigenvalue weighted by molar-refractivity contribution is 7.55. The van der Waals surface area contributed by atoms with E-state index < -0.39 is 0 Å². The van der Waals surface area contributed by atoms with E-state index in [1.54, 1.807) is 0 Å². The Morgan fingerprint density at radius 2 is 1.50 bits per heavy atom. The highest BCUT2D eigenvalue weighted by Gasteiger charge is 2.00. The zero-order valence-electron chi connectivity index (χ0n) is 9.19. The van der Waals surface area contributed by atoms with Crippen molar-refractivity contribution in [1.82, 2.24) is 6.15 Å². The molecule has 0 saturated heterocycles. The van der Waals surface area contributed by atoms with Crippen LogP contribution in [0.1, 0.15) is 5.56 Å². The summed E-state index contributed by atoms with van der Waals surface area (Å²) in [6.07, 6.45) is 0. The van der Waals surface area contributed by atoms with Gasteiger partial charge in [0, 0.05) is 6.54 Å². The van der Waals surface area contributed by atoms with E-state index in [4.69, 9.17) is 5.73 Å². The molecule has 0 aliphatic heterocycles. The summed E-state index contributed by atoms with van der Waals surface area (Å²) in [6.45, 7) is 0.621. The van der Waals surface area contributed by atoms with Crippen molar-refractivity contribution in [2.75, 3.05) is 0 Å². The molecular weight excluding hydrogens is 215 g/mol. The van der Waals surface area contributed by atoms with E-state index in [-0.39, 0.29) is 6.15 Å². The summed E-state index contributed by atoms with van der Waals surface area (Å²) in [5.41, 5.74) is 6.96. The molecule has 0 aromatic heterocycles. The molecule has 0 radical (unpaired) electrons. The fourth-order valence-corrected chi connectivity index (χ4v) is 2.69. The van der Waals surface area contributed by atoms with Crippen LogP contribution in [0, 0.1) is 0 Å². The van der Waals surface area contributed by atoms with Crippen LogP contribution in [-0.2, 0) is 6.54 Å². The van der Waals surface area contributed by atoms with Gasteiger partial charge in [-0.25, -0.2) is 0 Å². The van der Waals surface area contributed by atoms with Gasteiger partial charge in [-0.15, -0.1) is 0 Å². The van der Waals surface area contributed by atoms with Gasteiger partial charge in [0.15, 0.2) is 0 Å². The first-order valence-electron chi connectivity index (χ1n) is 5.00. The number of hydrogen-bond donors (Lipinski definition) is 2. The first kappa shape index (κ1) is 12.9. The maximum Gasteiger partial charge on any atom is 0.0184 e. The molecule has 0 saturated carbocycles. The lowest BCUT2D eigenvalue weighted by molar-refractivity contribution is 1.08. The van der Waals surface area contributed by atoms with E-state index in [0.717, 1.165) is 0 Å². The average molecular weight is 232 g/mol. The highest BCUT2D eigenvalue weighted by atomic mass is 31.1. The molecule has 0 spiro atoms. The van der Waals surface area contributed by atoms with Crippen LogP contribution >= 0.6 is 8.58 Å². The molecule has 0 aliphatic carbocycles. The van der Waals surface area contributed by atoms with Crippen LogP contribution in [0.2, 0.25) is 0 Å². The molecular formula is C13H17N2P. The standard InChI is InChI=1S/C13H14NP.H3N/c14-10-11-6-4-5-9-13(11)15-12-7-2-1-3-8-12;/h1-9,15H,10,14H2;1H3. The molecule has 16 heavy (non-hydrogen) atoms. The quantitative estimate of drug-likeness (QED) is 0.794. The van der Waals surface area contributed by atoms with E-state index >= 15 is 0 Å². The van der Waals surface area contributed by atoms with Crippen LogP contribution in [0.5, 0.6) is 0 Å². The minimum absolute atomic E-state index is 0. The average Bonchev–Trinajstić information content (AvgIpc) is 2.31. The fraction of sp³-hybridized carbons (Fsp3) is 0.0769. The SMILES string of the molecule is N.NCc1ccccc1Pc1ccccc1. The first-order chi connectivity index (χ1) is 7.40. The van der Waals surface area contributed by atoms with Crippen molar-refractivity contribution in [3.05, 3.63) is 60.2 Å². The van der Waals surface area contributed by atoms with Crippen molar-refractivity contribution in [1.29, 1.82) is 0 Å². The van der Waals surface area contributed by atoms with Crippen LogP contribution < -0.4 is 22.5 Å². The topological polar surface area (TPSA) is 61.0 Å². The second-order valence-electron chi connectivity index (χ2n) is 3.35. The fourth-order valence-electron chi connectivity index (χ4n) is 1.50. The predicted molar refractivity (Wildman–Crippen MR) is 73.4 cm³/mol. The van der Waals surface area contributed by atoms with Gasteiger partial charge in [-0.2, -0.15) is 0 Å². The van der Waals surface area contributed by atoms with E-state index in [9.17, 15) is 0 Å². The number of benzene rings is 2. The van der Waals surface area contributed by atoms with Gasteiger partial charge in [0.1, 0.15) is 0 Å². The lowest BCUT2D eigenvalue weighted by Crippen LogP contribution is -2.11. The Bertz CT molecular complexity index is 429. The summed E-state index contributed by atoms with van der Waals surface area (Å²) in [4.78, 5) is 0. The first-order valence-corrected chi connectivity index (χ1v) is 6.00. The third kappa shape index (κ3) is 3.14. The Hall–Kier alpha value is -1.21. The third-order valence-electron chi connectivity index (χ3n) is 2.29. The van der Waals surface area contributed by atoms with Crippen LogP contribution in [0.15, 0.2) is 54.6 Å². The van der Waals surface area contributed by atoms with Crippen molar-refractivity contribution in [2.24, 2.45) is 5.73 Å². The Balaban J connectivity index is 0.00000128. The van der Waals surface area contributed by atoms with Gasteiger partial charge >= 0.3 is 0 Å². The molecule has 2 rings (SSSR count). The summed E-state index contributed by atoms with van der Waals surface area (Å²) >= 11 is 0. The molecule has 0 amide bonds. The molecule has 2 nitrogen and oxygen atoms in total. The van der Waals surface area contributed by atoms with Crippen molar-refractivity contribution >= 4 is 19.2 Å². The highest BCUT2D eigenvalue weighted by Crippen LogP contribution is 2.12. The predicted octanol–water partition coefficient (Wildman–Crippen LogP) is 1.94. The van der Waals surface area contributed by atoms with Crippen molar-refractivity contribution in [3.8, 4) is 0 Å². The van der Waals surface area contributed by atoms with Crippen molar-refractivity contribution in [2.45, 2.75) is 6.54 Å². The lowest BCUT2D eigenvalue weighted by Gasteiger charge is -2.07. The molecule has 0 fully saturated rings. The molecule has 1 unspecified atom stereocenters. The Morgan fingerprint density at radius 1 is 0.875 bits per heavy atom. The van der Waals surface area contributed by atoms with Crippen LogP contribution in [0.4, 0.5) is 0 Å². The molecule has 5 N–H and O–H groups in total. The molecule has 3 heteroatoms. The Labute approximate surface area is 98.2 Å². The maximum absolute atomic E-state index is 5.71. The van der Waals surface area contributed by atoms with E-state index in [1.165, 1.54) is 16.2 Å². The van der Waals surface area contributed by atoms with Crippen LogP contribution in [-0.4, -0.2) is 0 Å². The third-order valence-corrected chi connectivity index (χ3v) is 3.67. The molecule has 84 valence electrons. The van der Waals surface area contributed by atoms with E-state index in [1.807, 2.05) is 12.1 Å². The molecule has 1 atom stereocenters. The maximum atomic E-state index is 5.71. The normalized spacial score (nSPS) is 10.3. The second-order valence-corrected chi connectivity index (χ2v) is 4.72. The second kappa shape index (κ2) is 6.39. The van der Waals surface area contributed by atoms with Crippen LogP contribution in [0.3, 0.4) is 0 Å². The molecule has 0 heterocycles. The molecule has 2 aromatic rings.